The van der Waals surface area contributed by atoms with Crippen molar-refractivity contribution in [1.29, 1.82) is 0 Å². The van der Waals surface area contributed by atoms with E-state index in [1.165, 1.54) is 12.8 Å². The van der Waals surface area contributed by atoms with Crippen LogP contribution in [0.15, 0.2) is 0 Å². The molecule has 1 rings (SSSR count). The van der Waals surface area contributed by atoms with Crippen LogP contribution in [0.1, 0.15) is 52.9 Å². The summed E-state index contributed by atoms with van der Waals surface area (Å²) in [4.78, 5) is 11.6. The molecule has 1 amide bonds. The first kappa shape index (κ1) is 16.8. The van der Waals surface area contributed by atoms with Gasteiger partial charge in [0, 0.05) is 19.0 Å². The molecule has 4 nitrogen and oxygen atoms in total. The minimum absolute atomic E-state index is 0.324. The predicted molar refractivity (Wildman–Crippen MR) is 81.4 cm³/mol. The fraction of sp³-hybridized carbons (Fsp3) is 0.812. The molecule has 0 aliphatic heterocycles. The molecule has 0 bridgehead atoms. The Morgan fingerprint density at radius 3 is 2.80 bits per heavy atom. The summed E-state index contributed by atoms with van der Waals surface area (Å²) in [5.41, 5.74) is -0.438. The van der Waals surface area contributed by atoms with Crippen molar-refractivity contribution < 1.29 is 9.53 Å². The van der Waals surface area contributed by atoms with Gasteiger partial charge in [-0.2, -0.15) is 0 Å². The van der Waals surface area contributed by atoms with Crippen LogP contribution in [-0.4, -0.2) is 30.8 Å². The highest BCUT2D eigenvalue weighted by Gasteiger charge is 2.27. The zero-order chi connectivity index (χ0) is 15.0. The van der Waals surface area contributed by atoms with Gasteiger partial charge >= 0.3 is 6.09 Å². The molecule has 2 N–H and O–H groups in total. The number of terminal acetylenes is 1. The molecule has 0 aromatic rings. The second-order valence-electron chi connectivity index (χ2n) is 6.44. The molecule has 114 valence electrons. The number of hydrogen-bond acceptors (Lipinski definition) is 3. The number of rotatable bonds is 6. The SMILES string of the molecule is C#CCCCNC1CCCC1CNC(=O)OC(C)(C)C. The number of hydrogen-bond donors (Lipinski definition) is 2. The van der Waals surface area contributed by atoms with E-state index in [0.717, 1.165) is 25.8 Å². The standard InChI is InChI=1S/C16H28N2O2/c1-5-6-7-11-17-14-10-8-9-13(14)12-18-15(19)20-16(2,3)4/h1,13-14,17H,6-12H2,2-4H3,(H,18,19). The second-order valence-corrected chi connectivity index (χ2v) is 6.44. The van der Waals surface area contributed by atoms with E-state index < -0.39 is 5.60 Å². The number of nitrogens with one attached hydrogen (secondary N) is 2. The zero-order valence-electron chi connectivity index (χ0n) is 13.0. The van der Waals surface area contributed by atoms with Crippen LogP contribution in [0.4, 0.5) is 4.79 Å². The van der Waals surface area contributed by atoms with Gasteiger partial charge in [0.05, 0.1) is 0 Å². The van der Waals surface area contributed by atoms with Gasteiger partial charge in [0.15, 0.2) is 0 Å². The molecule has 0 spiro atoms. The molecule has 4 heteroatoms. The van der Waals surface area contributed by atoms with Gasteiger partial charge in [0.1, 0.15) is 5.60 Å². The van der Waals surface area contributed by atoms with E-state index >= 15 is 0 Å². The fourth-order valence-electron chi connectivity index (χ4n) is 2.56. The lowest BCUT2D eigenvalue weighted by atomic mass is 10.0. The smallest absolute Gasteiger partial charge is 0.407 e. The maximum absolute atomic E-state index is 11.6. The highest BCUT2D eigenvalue weighted by atomic mass is 16.6. The molecule has 1 aliphatic rings. The van der Waals surface area contributed by atoms with Crippen LogP contribution in [0.2, 0.25) is 0 Å². The third-order valence-electron chi connectivity index (χ3n) is 3.47. The molecule has 20 heavy (non-hydrogen) atoms. The Morgan fingerprint density at radius 1 is 1.40 bits per heavy atom. The van der Waals surface area contributed by atoms with Gasteiger partial charge in [-0.05, 0) is 52.5 Å². The lowest BCUT2D eigenvalue weighted by molar-refractivity contribution is 0.0517. The summed E-state index contributed by atoms with van der Waals surface area (Å²) in [5, 5.41) is 6.43. The highest BCUT2D eigenvalue weighted by molar-refractivity contribution is 5.67. The third kappa shape index (κ3) is 6.81. The van der Waals surface area contributed by atoms with Gasteiger partial charge in [-0.25, -0.2) is 4.79 Å². The number of ether oxygens (including phenoxy) is 1. The van der Waals surface area contributed by atoms with Crippen LogP contribution in [-0.2, 0) is 4.74 Å². The zero-order valence-corrected chi connectivity index (χ0v) is 13.0. The number of unbranched alkanes of at least 4 members (excludes halogenated alkanes) is 1. The first-order valence-corrected chi connectivity index (χ1v) is 7.56. The molecule has 1 fully saturated rings. The normalized spacial score (nSPS) is 22.3. The van der Waals surface area contributed by atoms with E-state index in [2.05, 4.69) is 16.6 Å². The van der Waals surface area contributed by atoms with E-state index in [0.29, 0.717) is 18.5 Å². The third-order valence-corrected chi connectivity index (χ3v) is 3.47. The summed E-state index contributed by atoms with van der Waals surface area (Å²) in [6.45, 7) is 7.26. The summed E-state index contributed by atoms with van der Waals surface area (Å²) in [6.07, 6.45) is 10.3. The molecule has 0 aromatic heterocycles. The monoisotopic (exact) mass is 280 g/mol. The minimum Gasteiger partial charge on any atom is -0.444 e. The predicted octanol–water partition coefficient (Wildman–Crippen LogP) is 2.68. The lowest BCUT2D eigenvalue weighted by Gasteiger charge is -2.23. The van der Waals surface area contributed by atoms with Crippen LogP contribution in [0.5, 0.6) is 0 Å². The maximum atomic E-state index is 11.6. The van der Waals surface area contributed by atoms with E-state index in [1.54, 1.807) is 0 Å². The Bertz CT molecular complexity index is 341. The lowest BCUT2D eigenvalue weighted by Crippen LogP contribution is -2.41. The van der Waals surface area contributed by atoms with Gasteiger partial charge in [-0.3, -0.25) is 0 Å². The molecule has 0 radical (unpaired) electrons. The van der Waals surface area contributed by atoms with Crippen molar-refractivity contribution >= 4 is 6.09 Å². The molecule has 1 saturated carbocycles. The fourth-order valence-corrected chi connectivity index (χ4v) is 2.56. The number of carbonyl (C=O) groups is 1. The first-order valence-electron chi connectivity index (χ1n) is 7.56. The van der Waals surface area contributed by atoms with E-state index in [-0.39, 0.29) is 6.09 Å². The molecule has 1 aliphatic carbocycles. The van der Waals surface area contributed by atoms with E-state index in [9.17, 15) is 4.79 Å². The van der Waals surface area contributed by atoms with Gasteiger partial charge in [0.25, 0.3) is 0 Å². The largest absolute Gasteiger partial charge is 0.444 e. The van der Waals surface area contributed by atoms with Crippen molar-refractivity contribution in [3.63, 3.8) is 0 Å². The minimum atomic E-state index is -0.438. The average Bonchev–Trinajstić information content (AvgIpc) is 2.77. The van der Waals surface area contributed by atoms with Crippen LogP contribution >= 0.6 is 0 Å². The van der Waals surface area contributed by atoms with E-state index in [4.69, 9.17) is 11.2 Å². The molecule has 0 heterocycles. The molecule has 2 atom stereocenters. The van der Waals surface area contributed by atoms with Crippen molar-refractivity contribution in [2.75, 3.05) is 13.1 Å². The first-order chi connectivity index (χ1) is 9.42. The van der Waals surface area contributed by atoms with E-state index in [1.807, 2.05) is 20.8 Å². The molecular formula is C16H28N2O2. The van der Waals surface area contributed by atoms with Crippen molar-refractivity contribution in [2.24, 2.45) is 5.92 Å². The number of amides is 1. The number of carbonyl (C=O) groups excluding carboxylic acids is 1. The van der Waals surface area contributed by atoms with Crippen molar-refractivity contribution in [3.8, 4) is 12.3 Å². The molecular weight excluding hydrogens is 252 g/mol. The Morgan fingerprint density at radius 2 is 2.15 bits per heavy atom. The Labute approximate surface area is 123 Å². The van der Waals surface area contributed by atoms with Gasteiger partial charge in [-0.1, -0.05) is 6.42 Å². The van der Waals surface area contributed by atoms with Crippen LogP contribution in [0.25, 0.3) is 0 Å². The highest BCUT2D eigenvalue weighted by Crippen LogP contribution is 2.25. The number of alkyl carbamates (subject to hydrolysis) is 1. The van der Waals surface area contributed by atoms with Crippen molar-refractivity contribution in [3.05, 3.63) is 0 Å². The molecule has 2 unspecified atom stereocenters. The van der Waals surface area contributed by atoms with Gasteiger partial charge in [-0.15, -0.1) is 12.3 Å². The summed E-state index contributed by atoms with van der Waals surface area (Å²) in [7, 11) is 0. The average molecular weight is 280 g/mol. The summed E-state index contributed by atoms with van der Waals surface area (Å²) in [6, 6.07) is 0.489. The summed E-state index contributed by atoms with van der Waals surface area (Å²) in [5.74, 6) is 3.15. The topological polar surface area (TPSA) is 50.4 Å². The van der Waals surface area contributed by atoms with Gasteiger partial charge < -0.3 is 15.4 Å². The van der Waals surface area contributed by atoms with Crippen molar-refractivity contribution in [1.82, 2.24) is 10.6 Å². The Hall–Kier alpha value is -1.21. The van der Waals surface area contributed by atoms with Crippen LogP contribution in [0, 0.1) is 18.3 Å². The molecule has 0 aromatic carbocycles. The second kappa shape index (κ2) is 8.16. The Kier molecular flexibility index (Phi) is 6.87. The van der Waals surface area contributed by atoms with Crippen molar-refractivity contribution in [2.45, 2.75) is 64.5 Å². The quantitative estimate of drug-likeness (QED) is 0.581. The van der Waals surface area contributed by atoms with Crippen LogP contribution < -0.4 is 10.6 Å². The molecule has 0 saturated heterocycles. The maximum Gasteiger partial charge on any atom is 0.407 e. The van der Waals surface area contributed by atoms with Crippen LogP contribution in [0.3, 0.4) is 0 Å². The van der Waals surface area contributed by atoms with Gasteiger partial charge in [0.2, 0.25) is 0 Å². The summed E-state index contributed by atoms with van der Waals surface area (Å²) < 4.78 is 5.25. The summed E-state index contributed by atoms with van der Waals surface area (Å²) >= 11 is 0. The Balaban J connectivity index is 2.24.